The fraction of sp³-hybridized carbons (Fsp3) is 0.0370. The average molecular weight is 483 g/mol. The molecule has 0 unspecified atom stereocenters. The lowest BCUT2D eigenvalue weighted by Crippen LogP contribution is -2.13. The normalized spacial score (nSPS) is 11.1. The van der Waals surface area contributed by atoms with Gasteiger partial charge >= 0.3 is 0 Å². The predicted octanol–water partition coefficient (Wildman–Crippen LogP) is 6.73. The van der Waals surface area contributed by atoms with Crippen molar-refractivity contribution in [1.82, 2.24) is 0 Å². The Morgan fingerprint density at radius 3 is 2.44 bits per heavy atom. The molecule has 0 saturated heterocycles. The van der Waals surface area contributed by atoms with Gasteiger partial charge < -0.3 is 10.1 Å². The van der Waals surface area contributed by atoms with E-state index in [2.05, 4.69) is 45.5 Å². The van der Waals surface area contributed by atoms with Gasteiger partial charge in [-0.05, 0) is 68.2 Å². The van der Waals surface area contributed by atoms with E-state index in [0.717, 1.165) is 15.6 Å². The Bertz CT molecular complexity index is 1330. The van der Waals surface area contributed by atoms with Gasteiger partial charge in [0.2, 0.25) is 0 Å². The minimum absolute atomic E-state index is 0.0187. The Hall–Kier alpha value is -3.88. The summed E-state index contributed by atoms with van der Waals surface area (Å²) in [7, 11) is 0. The number of hydrogen-bond donors (Lipinski definition) is 1. The molecule has 4 aromatic carbocycles. The minimum atomic E-state index is -0.462. The number of carbonyl (C=O) groups is 1. The highest BCUT2D eigenvalue weighted by molar-refractivity contribution is 9.10. The van der Waals surface area contributed by atoms with Crippen molar-refractivity contribution in [3.63, 3.8) is 0 Å². The molecule has 4 nitrogen and oxygen atoms in total. The van der Waals surface area contributed by atoms with Gasteiger partial charge in [-0.2, -0.15) is 5.26 Å². The van der Waals surface area contributed by atoms with Crippen LogP contribution in [0.4, 0.5) is 5.69 Å². The standard InChI is InChI=1S/C27H19BrN2O2/c28-25-10-3-4-11-26(25)30-27(31)22(17-29)16-19-12-14-23(15-13-19)32-18-21-8-5-7-20-6-1-2-9-24(20)21/h1-16H,18H2,(H,30,31)/b22-16+. The number of ether oxygens (including phenoxy) is 1. The number of nitriles is 1. The molecule has 0 radical (unpaired) electrons. The van der Waals surface area contributed by atoms with Crippen molar-refractivity contribution in [3.8, 4) is 11.8 Å². The van der Waals surface area contributed by atoms with Crippen LogP contribution in [0.1, 0.15) is 11.1 Å². The van der Waals surface area contributed by atoms with E-state index >= 15 is 0 Å². The molecule has 0 aliphatic carbocycles. The lowest BCUT2D eigenvalue weighted by atomic mass is 10.1. The number of nitrogens with one attached hydrogen (secondary N) is 1. The second-order valence-electron chi connectivity index (χ2n) is 7.10. The molecule has 0 aliphatic rings. The van der Waals surface area contributed by atoms with Crippen molar-refractivity contribution in [2.24, 2.45) is 0 Å². The number of amides is 1. The largest absolute Gasteiger partial charge is 0.489 e. The van der Waals surface area contributed by atoms with Crippen LogP contribution in [0, 0.1) is 11.3 Å². The summed E-state index contributed by atoms with van der Waals surface area (Å²) >= 11 is 3.38. The first kappa shape index (κ1) is 21.4. The first-order valence-electron chi connectivity index (χ1n) is 10.0. The Morgan fingerprint density at radius 1 is 0.938 bits per heavy atom. The maximum Gasteiger partial charge on any atom is 0.266 e. The number of para-hydroxylation sites is 1. The van der Waals surface area contributed by atoms with Crippen molar-refractivity contribution in [1.29, 1.82) is 5.26 Å². The van der Waals surface area contributed by atoms with Gasteiger partial charge in [0.25, 0.3) is 5.91 Å². The van der Waals surface area contributed by atoms with Crippen LogP contribution in [0.2, 0.25) is 0 Å². The number of benzene rings is 4. The van der Waals surface area contributed by atoms with Crippen LogP contribution in [0.5, 0.6) is 5.75 Å². The van der Waals surface area contributed by atoms with Gasteiger partial charge in [0, 0.05) is 4.47 Å². The monoisotopic (exact) mass is 482 g/mol. The first-order chi connectivity index (χ1) is 15.6. The van der Waals surface area contributed by atoms with E-state index in [0.29, 0.717) is 18.0 Å². The molecular weight excluding hydrogens is 464 g/mol. The summed E-state index contributed by atoms with van der Waals surface area (Å²) in [6, 6.07) is 30.9. The molecule has 0 fully saturated rings. The van der Waals surface area contributed by atoms with Crippen molar-refractivity contribution in [2.45, 2.75) is 6.61 Å². The summed E-state index contributed by atoms with van der Waals surface area (Å²) in [6.45, 7) is 0.453. The second-order valence-corrected chi connectivity index (χ2v) is 7.95. The molecule has 0 heterocycles. The van der Waals surface area contributed by atoms with Gasteiger partial charge in [0.15, 0.2) is 0 Å². The summed E-state index contributed by atoms with van der Waals surface area (Å²) in [6.07, 6.45) is 1.56. The van der Waals surface area contributed by atoms with Crippen LogP contribution in [0.3, 0.4) is 0 Å². The number of anilines is 1. The lowest BCUT2D eigenvalue weighted by molar-refractivity contribution is -0.112. The third-order valence-electron chi connectivity index (χ3n) is 4.95. The Balaban J connectivity index is 1.44. The van der Waals surface area contributed by atoms with Crippen molar-refractivity contribution >= 4 is 44.4 Å². The van der Waals surface area contributed by atoms with Gasteiger partial charge in [0.1, 0.15) is 24.0 Å². The number of halogens is 1. The molecule has 5 heteroatoms. The van der Waals surface area contributed by atoms with Crippen LogP contribution in [-0.4, -0.2) is 5.91 Å². The fourth-order valence-corrected chi connectivity index (χ4v) is 3.69. The van der Waals surface area contributed by atoms with E-state index in [4.69, 9.17) is 4.74 Å². The van der Waals surface area contributed by atoms with E-state index in [9.17, 15) is 10.1 Å². The quantitative estimate of drug-likeness (QED) is 0.244. The molecule has 0 saturated carbocycles. The number of fused-ring (bicyclic) bond motifs is 1. The SMILES string of the molecule is N#C/C(=C\c1ccc(OCc2cccc3ccccc23)cc1)C(=O)Nc1ccccc1Br. The molecule has 0 aliphatic heterocycles. The van der Waals surface area contributed by atoms with Gasteiger partial charge in [-0.25, -0.2) is 0 Å². The number of nitrogens with zero attached hydrogens (tertiary/aromatic N) is 1. The maximum absolute atomic E-state index is 12.5. The lowest BCUT2D eigenvalue weighted by Gasteiger charge is -2.09. The zero-order chi connectivity index (χ0) is 22.3. The molecule has 1 N–H and O–H groups in total. The van der Waals surface area contributed by atoms with Gasteiger partial charge in [-0.1, -0.05) is 66.7 Å². The number of hydrogen-bond acceptors (Lipinski definition) is 3. The average Bonchev–Trinajstić information content (AvgIpc) is 2.83. The van der Waals surface area contributed by atoms with Gasteiger partial charge in [0.05, 0.1) is 5.69 Å². The summed E-state index contributed by atoms with van der Waals surface area (Å²) in [5, 5.41) is 14.5. The molecule has 0 bridgehead atoms. The molecule has 32 heavy (non-hydrogen) atoms. The third kappa shape index (κ3) is 5.05. The van der Waals surface area contributed by atoms with Crippen LogP contribution >= 0.6 is 15.9 Å². The van der Waals surface area contributed by atoms with E-state index in [1.54, 1.807) is 12.1 Å². The summed E-state index contributed by atoms with van der Waals surface area (Å²) in [5.41, 5.74) is 2.48. The zero-order valence-electron chi connectivity index (χ0n) is 17.1. The molecule has 4 aromatic rings. The van der Waals surface area contributed by atoms with Crippen molar-refractivity contribution in [2.75, 3.05) is 5.32 Å². The van der Waals surface area contributed by atoms with Crippen LogP contribution in [0.15, 0.2) is 101 Å². The highest BCUT2D eigenvalue weighted by Gasteiger charge is 2.11. The Morgan fingerprint density at radius 2 is 1.66 bits per heavy atom. The van der Waals surface area contributed by atoms with Gasteiger partial charge in [-0.15, -0.1) is 0 Å². The zero-order valence-corrected chi connectivity index (χ0v) is 18.7. The topological polar surface area (TPSA) is 62.1 Å². The third-order valence-corrected chi connectivity index (χ3v) is 5.64. The van der Waals surface area contributed by atoms with E-state index in [-0.39, 0.29) is 5.57 Å². The molecule has 0 aromatic heterocycles. The summed E-state index contributed by atoms with van der Waals surface area (Å²) in [4.78, 5) is 12.5. The van der Waals surface area contributed by atoms with Crippen LogP contribution in [-0.2, 0) is 11.4 Å². The maximum atomic E-state index is 12.5. The summed E-state index contributed by atoms with van der Waals surface area (Å²) in [5.74, 6) is 0.252. The Kier molecular flexibility index (Phi) is 6.64. The number of carbonyl (C=O) groups excluding carboxylic acids is 1. The molecule has 1 amide bonds. The smallest absolute Gasteiger partial charge is 0.266 e. The van der Waals surface area contributed by atoms with Crippen LogP contribution < -0.4 is 10.1 Å². The number of rotatable bonds is 6. The molecule has 4 rings (SSSR count). The fourth-order valence-electron chi connectivity index (χ4n) is 3.31. The predicted molar refractivity (Wildman–Crippen MR) is 131 cm³/mol. The molecular formula is C27H19BrN2O2. The first-order valence-corrected chi connectivity index (χ1v) is 10.8. The molecule has 0 atom stereocenters. The van der Waals surface area contributed by atoms with E-state index < -0.39 is 5.91 Å². The second kappa shape index (κ2) is 9.95. The van der Waals surface area contributed by atoms with E-state index in [1.807, 2.05) is 66.7 Å². The van der Waals surface area contributed by atoms with Gasteiger partial charge in [-0.3, -0.25) is 4.79 Å². The van der Waals surface area contributed by atoms with Crippen molar-refractivity contribution < 1.29 is 9.53 Å². The molecule has 156 valence electrons. The highest BCUT2D eigenvalue weighted by atomic mass is 79.9. The molecule has 0 spiro atoms. The minimum Gasteiger partial charge on any atom is -0.489 e. The van der Waals surface area contributed by atoms with E-state index in [1.165, 1.54) is 10.8 Å². The Labute approximate surface area is 194 Å². The van der Waals surface area contributed by atoms with Crippen LogP contribution in [0.25, 0.3) is 16.8 Å². The summed E-state index contributed by atoms with van der Waals surface area (Å²) < 4.78 is 6.70. The van der Waals surface area contributed by atoms with Crippen molar-refractivity contribution in [3.05, 3.63) is 112 Å². The highest BCUT2D eigenvalue weighted by Crippen LogP contribution is 2.23.